The minimum Gasteiger partial charge on any atom is -0.376 e. The lowest BCUT2D eigenvalue weighted by atomic mass is 9.90. The van der Waals surface area contributed by atoms with E-state index in [2.05, 4.69) is 28.2 Å². The predicted octanol–water partition coefficient (Wildman–Crippen LogP) is 2.26. The first-order chi connectivity index (χ1) is 24.9. The van der Waals surface area contributed by atoms with Gasteiger partial charge in [-0.1, -0.05) is 78.6 Å². The van der Waals surface area contributed by atoms with Gasteiger partial charge in [-0.25, -0.2) is 0 Å². The van der Waals surface area contributed by atoms with Crippen LogP contribution in [0.2, 0.25) is 0 Å². The molecule has 2 fully saturated rings. The molecule has 0 bridgehead atoms. The largest absolute Gasteiger partial charge is 0.376 e. The van der Waals surface area contributed by atoms with Crippen LogP contribution < -0.4 is 32.7 Å². The maximum Gasteiger partial charge on any atom is 0.245 e. The first-order valence-electron chi connectivity index (χ1n) is 20.0. The zero-order chi connectivity index (χ0) is 38.6. The van der Waals surface area contributed by atoms with Crippen molar-refractivity contribution in [2.75, 3.05) is 33.4 Å². The summed E-state index contributed by atoms with van der Waals surface area (Å²) < 4.78 is 12.3. The summed E-state index contributed by atoms with van der Waals surface area (Å²) in [5.41, 5.74) is 11.7. The summed E-state index contributed by atoms with van der Waals surface area (Å²) in [6.45, 7) is 9.71. The molecule has 0 radical (unpaired) electrons. The number of nitrogens with one attached hydrogen (secondary N) is 4. The third-order valence-electron chi connectivity index (χ3n) is 10.5. The van der Waals surface area contributed by atoms with Crippen molar-refractivity contribution in [2.24, 2.45) is 23.3 Å². The lowest BCUT2D eigenvalue weighted by Gasteiger charge is -2.34. The number of amides is 5. The number of likely N-dealkylation sites (N-methyl/N-ethyl adjacent to an activating group) is 1. The van der Waals surface area contributed by atoms with Crippen LogP contribution in [0.3, 0.4) is 0 Å². The molecule has 1 saturated carbocycles. The van der Waals surface area contributed by atoms with Gasteiger partial charge in [-0.2, -0.15) is 0 Å². The number of nitrogens with two attached hydrogens (primary N) is 2. The van der Waals surface area contributed by atoms with E-state index in [1.807, 2.05) is 20.8 Å². The Morgan fingerprint density at radius 2 is 1.46 bits per heavy atom. The van der Waals surface area contributed by atoms with E-state index in [1.165, 1.54) is 4.90 Å². The van der Waals surface area contributed by atoms with Crippen LogP contribution in [0.4, 0.5) is 0 Å². The van der Waals surface area contributed by atoms with Crippen LogP contribution in [0.15, 0.2) is 0 Å². The molecule has 0 spiro atoms. The highest BCUT2D eigenvalue weighted by molar-refractivity contribution is 5.96. The fourth-order valence-corrected chi connectivity index (χ4v) is 7.13. The van der Waals surface area contributed by atoms with Gasteiger partial charge >= 0.3 is 0 Å². The number of hydrogen-bond donors (Lipinski definition) is 6. The molecule has 8 atom stereocenters. The van der Waals surface area contributed by atoms with Gasteiger partial charge in [0, 0.05) is 19.6 Å². The van der Waals surface area contributed by atoms with Crippen molar-refractivity contribution in [3.05, 3.63) is 0 Å². The minimum absolute atomic E-state index is 0.125. The molecule has 8 N–H and O–H groups in total. The number of rotatable bonds is 14. The van der Waals surface area contributed by atoms with Crippen molar-refractivity contribution >= 4 is 29.5 Å². The SMILES string of the molecule is CCCCCC[C@H]1OC[C@@H](C)NC(=O)C(CO[C@@H](C)CCN)NC(=O)C(CN)NC(=O)C(C2CCCCCC2)NC(=O)C(CCC)N(C)C(=O)C1C. The summed E-state index contributed by atoms with van der Waals surface area (Å²) in [5, 5.41) is 11.5. The van der Waals surface area contributed by atoms with E-state index >= 15 is 0 Å². The molecule has 0 aromatic heterocycles. The van der Waals surface area contributed by atoms with E-state index in [1.54, 1.807) is 14.0 Å². The van der Waals surface area contributed by atoms with Crippen LogP contribution >= 0.6 is 0 Å². The number of unbranched alkanes of at least 4 members (excludes halogenated alkanes) is 3. The molecule has 2 rings (SSSR count). The maximum absolute atomic E-state index is 14.1. The Labute approximate surface area is 312 Å². The highest BCUT2D eigenvalue weighted by Crippen LogP contribution is 2.27. The molecule has 14 nitrogen and oxygen atoms in total. The monoisotopic (exact) mass is 738 g/mol. The topological polar surface area (TPSA) is 207 Å². The standard InChI is InChI=1S/C38H71N7O7/c1-7-9-10-15-19-32-27(5)38(50)45(6)31(16-8-2)36(48)44-33(28-17-13-11-12-14-18-28)37(49)42-29(22-40)34(46)43-30(24-51-26(4)20-21-39)35(47)41-25(3)23-52-32/h25-33H,7-24,39-40H2,1-6H3,(H,41,47)(H,42,49)(H,43,46)(H,44,48)/t25-,26+,27?,29?,30?,31?,32-,33?/m1/s1. The van der Waals surface area contributed by atoms with Crippen LogP contribution in [0.1, 0.15) is 125 Å². The molecule has 0 aromatic carbocycles. The first-order valence-corrected chi connectivity index (χ1v) is 20.0. The van der Waals surface area contributed by atoms with Gasteiger partial charge in [-0.3, -0.25) is 24.0 Å². The van der Waals surface area contributed by atoms with Crippen LogP contribution in [-0.4, -0.2) is 110 Å². The van der Waals surface area contributed by atoms with E-state index in [9.17, 15) is 24.0 Å². The third-order valence-corrected chi connectivity index (χ3v) is 10.5. The summed E-state index contributed by atoms with van der Waals surface area (Å²) in [4.78, 5) is 71.1. The second-order valence-electron chi connectivity index (χ2n) is 15.0. The average Bonchev–Trinajstić information content (AvgIpc) is 3.41. The Morgan fingerprint density at radius 3 is 2.08 bits per heavy atom. The molecule has 52 heavy (non-hydrogen) atoms. The lowest BCUT2D eigenvalue weighted by Crippen LogP contribution is -2.62. The van der Waals surface area contributed by atoms with Gasteiger partial charge in [0.2, 0.25) is 29.5 Å². The van der Waals surface area contributed by atoms with Gasteiger partial charge in [-0.05, 0) is 58.4 Å². The summed E-state index contributed by atoms with van der Waals surface area (Å²) in [6.07, 6.45) is 10.9. The van der Waals surface area contributed by atoms with Crippen molar-refractivity contribution in [1.29, 1.82) is 0 Å². The van der Waals surface area contributed by atoms with Gasteiger partial charge in [0.15, 0.2) is 0 Å². The second kappa shape index (κ2) is 24.5. The fourth-order valence-electron chi connectivity index (χ4n) is 7.13. The number of carbonyl (C=O) groups is 5. The van der Waals surface area contributed by atoms with Crippen molar-refractivity contribution in [3.63, 3.8) is 0 Å². The third kappa shape index (κ3) is 14.9. The average molecular weight is 738 g/mol. The summed E-state index contributed by atoms with van der Waals surface area (Å²) in [6, 6.07) is -4.50. The van der Waals surface area contributed by atoms with Gasteiger partial charge in [0.25, 0.3) is 0 Å². The zero-order valence-corrected chi connectivity index (χ0v) is 32.9. The molecule has 5 amide bonds. The van der Waals surface area contributed by atoms with Crippen molar-refractivity contribution < 1.29 is 33.4 Å². The zero-order valence-electron chi connectivity index (χ0n) is 32.9. The van der Waals surface area contributed by atoms with E-state index in [0.29, 0.717) is 32.2 Å². The fraction of sp³-hybridized carbons (Fsp3) is 0.868. The highest BCUT2D eigenvalue weighted by atomic mass is 16.5. The Morgan fingerprint density at radius 1 is 0.808 bits per heavy atom. The molecular weight excluding hydrogens is 666 g/mol. The van der Waals surface area contributed by atoms with Crippen LogP contribution in [0.25, 0.3) is 0 Å². The summed E-state index contributed by atoms with van der Waals surface area (Å²) in [5.74, 6) is -3.02. The Hall–Kier alpha value is -2.81. The van der Waals surface area contributed by atoms with Gasteiger partial charge in [-0.15, -0.1) is 0 Å². The highest BCUT2D eigenvalue weighted by Gasteiger charge is 2.38. The Balaban J connectivity index is 2.55. The van der Waals surface area contributed by atoms with Crippen molar-refractivity contribution in [1.82, 2.24) is 26.2 Å². The number of nitrogens with zero attached hydrogens (tertiary/aromatic N) is 1. The van der Waals surface area contributed by atoms with E-state index in [0.717, 1.165) is 64.2 Å². The van der Waals surface area contributed by atoms with Crippen LogP contribution in [0, 0.1) is 11.8 Å². The normalized spacial score (nSPS) is 29.1. The van der Waals surface area contributed by atoms with Crippen LogP contribution in [-0.2, 0) is 33.4 Å². The second-order valence-corrected chi connectivity index (χ2v) is 15.0. The molecule has 1 aliphatic heterocycles. The molecule has 14 heteroatoms. The lowest BCUT2D eigenvalue weighted by molar-refractivity contribution is -0.147. The van der Waals surface area contributed by atoms with E-state index < -0.39 is 65.9 Å². The van der Waals surface area contributed by atoms with Gasteiger partial charge in [0.05, 0.1) is 31.3 Å². The molecule has 2 aliphatic rings. The molecule has 0 aromatic rings. The van der Waals surface area contributed by atoms with Gasteiger partial charge < -0.3 is 47.1 Å². The number of ether oxygens (including phenoxy) is 2. The molecule has 1 saturated heterocycles. The molecule has 1 heterocycles. The molecule has 300 valence electrons. The molecular formula is C38H71N7O7. The van der Waals surface area contributed by atoms with E-state index in [4.69, 9.17) is 20.9 Å². The molecule has 1 aliphatic carbocycles. The number of carbonyl (C=O) groups excluding carboxylic acids is 5. The first kappa shape index (κ1) is 45.3. The molecule has 5 unspecified atom stereocenters. The van der Waals surface area contributed by atoms with Crippen LogP contribution in [0.5, 0.6) is 0 Å². The minimum atomic E-state index is -1.18. The van der Waals surface area contributed by atoms with Crippen molar-refractivity contribution in [2.45, 2.75) is 167 Å². The Kier molecular flexibility index (Phi) is 21.4. The summed E-state index contributed by atoms with van der Waals surface area (Å²) in [7, 11) is 1.64. The maximum atomic E-state index is 14.1. The number of hydrogen-bond acceptors (Lipinski definition) is 9. The van der Waals surface area contributed by atoms with Crippen molar-refractivity contribution in [3.8, 4) is 0 Å². The van der Waals surface area contributed by atoms with Gasteiger partial charge in [0.1, 0.15) is 24.2 Å². The smallest absolute Gasteiger partial charge is 0.245 e. The predicted molar refractivity (Wildman–Crippen MR) is 202 cm³/mol. The summed E-state index contributed by atoms with van der Waals surface area (Å²) >= 11 is 0. The quantitative estimate of drug-likeness (QED) is 0.114. The van der Waals surface area contributed by atoms with E-state index in [-0.39, 0.29) is 37.7 Å². The Bertz CT molecular complexity index is 1100.